The first-order valence-electron chi connectivity index (χ1n) is 9.36. The van der Waals surface area contributed by atoms with Crippen molar-refractivity contribution in [2.75, 3.05) is 5.48 Å². The number of non-ortho nitro benzene ring substituents is 2. The number of carbonyl (C=O) groups excluding carboxylic acids is 2. The Kier molecular flexibility index (Phi) is 7.11. The summed E-state index contributed by atoms with van der Waals surface area (Å²) in [6.07, 6.45) is 0. The van der Waals surface area contributed by atoms with Crippen LogP contribution in [0.3, 0.4) is 0 Å². The minimum atomic E-state index is -1.15. The third-order valence-electron chi connectivity index (χ3n) is 4.32. The number of amides is 1. The highest BCUT2D eigenvalue weighted by molar-refractivity contribution is 5.95. The number of hydrogen-bond donors (Lipinski definition) is 1. The van der Waals surface area contributed by atoms with Gasteiger partial charge in [0, 0.05) is 23.8 Å². The lowest BCUT2D eigenvalue weighted by molar-refractivity contribution is -0.394. The predicted octanol–water partition coefficient (Wildman–Crippen LogP) is 4.52. The molecule has 0 unspecified atom stereocenters. The lowest BCUT2D eigenvalue weighted by Crippen LogP contribution is -2.12. The smallest absolute Gasteiger partial charge is 0.338 e. The molecule has 1 amide bonds. The molecule has 176 valence electrons. The van der Waals surface area contributed by atoms with E-state index in [9.17, 15) is 39.9 Å². The van der Waals surface area contributed by atoms with E-state index >= 15 is 0 Å². The molecular formula is C20H12N6O9. The minimum absolute atomic E-state index is 0.102. The molecule has 0 aliphatic heterocycles. The van der Waals surface area contributed by atoms with Gasteiger partial charge in [-0.25, -0.2) is 10.3 Å². The number of hydrogen-bond acceptors (Lipinski definition) is 11. The molecule has 3 aromatic rings. The number of anilines is 1. The topological polar surface area (TPSA) is 210 Å². The number of rotatable bonds is 8. The molecule has 35 heavy (non-hydrogen) atoms. The molecule has 0 aromatic heterocycles. The van der Waals surface area contributed by atoms with Crippen LogP contribution in [-0.2, 0) is 4.84 Å². The van der Waals surface area contributed by atoms with Crippen molar-refractivity contribution >= 4 is 40.3 Å². The van der Waals surface area contributed by atoms with Crippen molar-refractivity contribution in [3.8, 4) is 0 Å². The van der Waals surface area contributed by atoms with Crippen molar-refractivity contribution in [2.24, 2.45) is 10.2 Å². The monoisotopic (exact) mass is 480 g/mol. The van der Waals surface area contributed by atoms with Crippen molar-refractivity contribution in [3.05, 3.63) is 108 Å². The van der Waals surface area contributed by atoms with Gasteiger partial charge in [-0.05, 0) is 42.5 Å². The quantitative estimate of drug-likeness (QED) is 0.270. The zero-order chi connectivity index (χ0) is 25.5. The predicted molar refractivity (Wildman–Crippen MR) is 117 cm³/mol. The fraction of sp³-hybridized carbons (Fsp3) is 0. The Balaban J connectivity index is 1.62. The number of nitro groups is 3. The SMILES string of the molecule is O=C(N=Nc1ccc(NOC(=O)c2ccc([N+](=O)[O-])cc2[N+](=O)[O-])cc1)c1ccc([N+](=O)[O-])cc1. The maximum atomic E-state index is 12.2. The summed E-state index contributed by atoms with van der Waals surface area (Å²) in [6.45, 7) is 0. The van der Waals surface area contributed by atoms with Crippen molar-refractivity contribution in [1.29, 1.82) is 0 Å². The molecule has 0 saturated heterocycles. The molecule has 0 atom stereocenters. The second kappa shape index (κ2) is 10.3. The number of carbonyl (C=O) groups is 2. The van der Waals surface area contributed by atoms with Gasteiger partial charge < -0.3 is 4.84 Å². The zero-order valence-electron chi connectivity index (χ0n) is 17.3. The van der Waals surface area contributed by atoms with Gasteiger partial charge in [-0.2, -0.15) is 0 Å². The average Bonchev–Trinajstić information content (AvgIpc) is 2.86. The normalized spacial score (nSPS) is 10.5. The Labute approximate surface area is 194 Å². The molecule has 0 saturated carbocycles. The van der Waals surface area contributed by atoms with Gasteiger partial charge in [0.2, 0.25) is 0 Å². The highest BCUT2D eigenvalue weighted by atomic mass is 16.7. The molecule has 3 rings (SSSR count). The number of benzene rings is 3. The molecular weight excluding hydrogens is 468 g/mol. The van der Waals surface area contributed by atoms with Crippen LogP contribution in [0.2, 0.25) is 0 Å². The standard InChI is InChI=1S/C20H12N6O9/c27-19(12-1-7-15(8-2-12)24(29)30)22-21-13-3-5-14(6-4-13)23-35-20(28)17-10-9-16(25(31)32)11-18(17)26(33)34/h1-11,23H. The van der Waals surface area contributed by atoms with E-state index in [2.05, 4.69) is 15.7 Å². The maximum Gasteiger partial charge on any atom is 0.369 e. The number of azo groups is 1. The van der Waals surface area contributed by atoms with Crippen molar-refractivity contribution in [3.63, 3.8) is 0 Å². The van der Waals surface area contributed by atoms with E-state index in [1.165, 1.54) is 36.4 Å². The third-order valence-corrected chi connectivity index (χ3v) is 4.32. The van der Waals surface area contributed by atoms with Crippen LogP contribution in [0.4, 0.5) is 28.4 Å². The van der Waals surface area contributed by atoms with E-state index < -0.39 is 43.6 Å². The summed E-state index contributed by atoms with van der Waals surface area (Å²) < 4.78 is 0. The molecule has 0 fully saturated rings. The van der Waals surface area contributed by atoms with E-state index in [1.54, 1.807) is 0 Å². The number of nitrogens with one attached hydrogen (secondary N) is 1. The molecule has 15 heteroatoms. The molecule has 0 aliphatic carbocycles. The van der Waals surface area contributed by atoms with Crippen LogP contribution in [0.15, 0.2) is 77.0 Å². The Morgan fingerprint density at radius 2 is 1.37 bits per heavy atom. The highest BCUT2D eigenvalue weighted by Crippen LogP contribution is 2.25. The van der Waals surface area contributed by atoms with Gasteiger partial charge in [0.25, 0.3) is 23.0 Å². The molecule has 0 heterocycles. The van der Waals surface area contributed by atoms with E-state index in [4.69, 9.17) is 4.84 Å². The zero-order valence-corrected chi connectivity index (χ0v) is 17.3. The Bertz CT molecular complexity index is 1350. The van der Waals surface area contributed by atoms with Crippen molar-refractivity contribution in [1.82, 2.24) is 0 Å². The first kappa shape index (κ1) is 24.1. The molecule has 3 aromatic carbocycles. The number of nitrogens with zero attached hydrogens (tertiary/aromatic N) is 5. The molecule has 0 aliphatic rings. The van der Waals surface area contributed by atoms with Gasteiger partial charge in [-0.3, -0.25) is 35.1 Å². The Hall–Kier alpha value is -5.60. The molecule has 0 spiro atoms. The summed E-state index contributed by atoms with van der Waals surface area (Å²) >= 11 is 0. The maximum absolute atomic E-state index is 12.2. The largest absolute Gasteiger partial charge is 0.369 e. The second-order valence-corrected chi connectivity index (χ2v) is 6.56. The summed E-state index contributed by atoms with van der Waals surface area (Å²) in [5, 5.41) is 39.9. The third kappa shape index (κ3) is 6.01. The van der Waals surface area contributed by atoms with Gasteiger partial charge in [0.1, 0.15) is 5.56 Å². The first-order valence-corrected chi connectivity index (χ1v) is 9.36. The molecule has 0 radical (unpaired) electrons. The van der Waals surface area contributed by atoms with Crippen LogP contribution in [-0.4, -0.2) is 26.6 Å². The summed E-state index contributed by atoms with van der Waals surface area (Å²) in [6, 6.07) is 12.9. The fourth-order valence-corrected chi connectivity index (χ4v) is 2.60. The first-order chi connectivity index (χ1) is 16.7. The van der Waals surface area contributed by atoms with Crippen LogP contribution in [0.5, 0.6) is 0 Å². The van der Waals surface area contributed by atoms with Crippen LogP contribution >= 0.6 is 0 Å². The van der Waals surface area contributed by atoms with Gasteiger partial charge >= 0.3 is 5.97 Å². The van der Waals surface area contributed by atoms with Crippen LogP contribution in [0, 0.1) is 30.3 Å². The van der Waals surface area contributed by atoms with E-state index in [1.807, 2.05) is 0 Å². The lowest BCUT2D eigenvalue weighted by atomic mass is 10.1. The van der Waals surface area contributed by atoms with Gasteiger partial charge in [0.05, 0.1) is 32.2 Å². The van der Waals surface area contributed by atoms with E-state index in [0.717, 1.165) is 24.3 Å². The molecule has 0 bridgehead atoms. The van der Waals surface area contributed by atoms with Crippen LogP contribution in [0.25, 0.3) is 0 Å². The van der Waals surface area contributed by atoms with E-state index in [0.29, 0.717) is 6.07 Å². The van der Waals surface area contributed by atoms with Gasteiger partial charge in [0.15, 0.2) is 0 Å². The lowest BCUT2D eigenvalue weighted by Gasteiger charge is -2.07. The summed E-state index contributed by atoms with van der Waals surface area (Å²) in [5.74, 6) is -1.87. The summed E-state index contributed by atoms with van der Waals surface area (Å²) in [5.41, 5.74) is 0.851. The minimum Gasteiger partial charge on any atom is -0.338 e. The van der Waals surface area contributed by atoms with Crippen LogP contribution < -0.4 is 5.48 Å². The highest BCUT2D eigenvalue weighted by Gasteiger charge is 2.25. The van der Waals surface area contributed by atoms with Crippen LogP contribution in [0.1, 0.15) is 20.7 Å². The Morgan fingerprint density at radius 1 is 0.771 bits per heavy atom. The van der Waals surface area contributed by atoms with Crippen molar-refractivity contribution in [2.45, 2.75) is 0 Å². The number of nitro benzene ring substituents is 3. The summed E-state index contributed by atoms with van der Waals surface area (Å²) in [4.78, 5) is 59.2. The molecule has 1 N–H and O–H groups in total. The average molecular weight is 480 g/mol. The van der Waals surface area contributed by atoms with E-state index in [-0.39, 0.29) is 22.6 Å². The molecule has 15 nitrogen and oxygen atoms in total. The van der Waals surface area contributed by atoms with Crippen molar-refractivity contribution < 1.29 is 29.2 Å². The van der Waals surface area contributed by atoms with Gasteiger partial charge in [-0.1, -0.05) is 0 Å². The second-order valence-electron chi connectivity index (χ2n) is 6.56. The Morgan fingerprint density at radius 3 is 1.94 bits per heavy atom. The summed E-state index contributed by atoms with van der Waals surface area (Å²) in [7, 11) is 0. The fourth-order valence-electron chi connectivity index (χ4n) is 2.60. The van der Waals surface area contributed by atoms with Gasteiger partial charge in [-0.15, -0.1) is 10.2 Å².